The summed E-state index contributed by atoms with van der Waals surface area (Å²) in [7, 11) is 1.90. The lowest BCUT2D eigenvalue weighted by atomic mass is 10.1. The van der Waals surface area contributed by atoms with Crippen molar-refractivity contribution in [2.75, 3.05) is 20.1 Å². The maximum atomic E-state index is 12.7. The normalized spacial score (nSPS) is 20.9. The zero-order chi connectivity index (χ0) is 13.9. The smallest absolute Gasteiger partial charge is 0.318 e. The van der Waals surface area contributed by atoms with Crippen molar-refractivity contribution >= 4 is 0 Å². The van der Waals surface area contributed by atoms with Crippen LogP contribution >= 0.6 is 0 Å². The molecule has 0 aromatic heterocycles. The van der Waals surface area contributed by atoms with Gasteiger partial charge >= 0.3 is 6.18 Å². The molecule has 1 N–H and O–H groups in total. The first-order valence-electron chi connectivity index (χ1n) is 6.55. The summed E-state index contributed by atoms with van der Waals surface area (Å²) < 4.78 is 38.0. The van der Waals surface area contributed by atoms with Crippen LogP contribution in [0.25, 0.3) is 0 Å². The van der Waals surface area contributed by atoms with Crippen molar-refractivity contribution in [2.45, 2.75) is 31.6 Å². The van der Waals surface area contributed by atoms with E-state index in [-0.39, 0.29) is 0 Å². The second kappa shape index (κ2) is 5.92. The molecule has 1 atom stereocenters. The summed E-state index contributed by atoms with van der Waals surface area (Å²) in [6.45, 7) is 2.44. The molecule has 2 nitrogen and oxygen atoms in total. The summed E-state index contributed by atoms with van der Waals surface area (Å²) in [5, 5.41) is 3.14. The highest BCUT2D eigenvalue weighted by molar-refractivity contribution is 5.25. The number of nitrogens with one attached hydrogen (secondary N) is 1. The first-order chi connectivity index (χ1) is 9.00. The molecule has 1 aliphatic rings. The summed E-state index contributed by atoms with van der Waals surface area (Å²) in [6.07, 6.45) is -2.03. The molecule has 1 fully saturated rings. The van der Waals surface area contributed by atoms with Crippen molar-refractivity contribution in [2.24, 2.45) is 0 Å². The van der Waals surface area contributed by atoms with Crippen LogP contribution in [-0.2, 0) is 12.7 Å². The van der Waals surface area contributed by atoms with Gasteiger partial charge in [-0.1, -0.05) is 18.2 Å². The molecule has 1 aromatic rings. The number of alkyl halides is 3. The third-order valence-corrected chi connectivity index (χ3v) is 3.58. The van der Waals surface area contributed by atoms with E-state index in [0.717, 1.165) is 37.6 Å². The van der Waals surface area contributed by atoms with Gasteiger partial charge in [0.05, 0.1) is 5.56 Å². The highest BCUT2D eigenvalue weighted by Crippen LogP contribution is 2.30. The Kier molecular flexibility index (Phi) is 4.47. The van der Waals surface area contributed by atoms with E-state index >= 15 is 0 Å². The minimum atomic E-state index is -4.26. The Bertz CT molecular complexity index is 417. The van der Waals surface area contributed by atoms with Crippen LogP contribution in [0.3, 0.4) is 0 Å². The van der Waals surface area contributed by atoms with Crippen LogP contribution < -0.4 is 5.32 Å². The van der Waals surface area contributed by atoms with Crippen molar-refractivity contribution in [1.82, 2.24) is 10.2 Å². The first-order valence-corrected chi connectivity index (χ1v) is 6.55. The summed E-state index contributed by atoms with van der Waals surface area (Å²) in [6, 6.07) is 6.07. The summed E-state index contributed by atoms with van der Waals surface area (Å²) in [5.41, 5.74) is 0.173. The van der Waals surface area contributed by atoms with Crippen LogP contribution in [0, 0.1) is 0 Å². The van der Waals surface area contributed by atoms with Gasteiger partial charge in [-0.3, -0.25) is 4.90 Å². The fourth-order valence-electron chi connectivity index (χ4n) is 2.65. The van der Waals surface area contributed by atoms with Crippen LogP contribution in [0.15, 0.2) is 24.3 Å². The van der Waals surface area contributed by atoms with Crippen molar-refractivity contribution in [3.63, 3.8) is 0 Å². The predicted molar refractivity (Wildman–Crippen MR) is 68.8 cm³/mol. The molecule has 0 aliphatic carbocycles. The Morgan fingerprint density at radius 3 is 2.84 bits per heavy atom. The summed E-state index contributed by atoms with van der Waals surface area (Å²) in [4.78, 5) is 2.26. The SMILES string of the molecule is CNCC1CCCN1Cc1cccc(C(F)(F)F)c1. The van der Waals surface area contributed by atoms with Crippen molar-refractivity contribution in [3.05, 3.63) is 35.4 Å². The van der Waals surface area contributed by atoms with E-state index in [1.54, 1.807) is 6.07 Å². The van der Waals surface area contributed by atoms with E-state index in [1.807, 2.05) is 7.05 Å². The molecule has 106 valence electrons. The van der Waals surface area contributed by atoms with Gasteiger partial charge in [-0.25, -0.2) is 0 Å². The fourth-order valence-corrected chi connectivity index (χ4v) is 2.65. The highest BCUT2D eigenvalue weighted by Gasteiger charge is 2.31. The molecule has 5 heteroatoms. The van der Waals surface area contributed by atoms with Crippen LogP contribution in [0.2, 0.25) is 0 Å². The van der Waals surface area contributed by atoms with E-state index in [2.05, 4.69) is 10.2 Å². The zero-order valence-electron chi connectivity index (χ0n) is 11.0. The maximum absolute atomic E-state index is 12.7. The standard InChI is InChI=1S/C14H19F3N2/c1-18-9-13-6-3-7-19(13)10-11-4-2-5-12(8-11)14(15,16)17/h2,4-5,8,13,18H,3,6-7,9-10H2,1H3. The molecule has 0 spiro atoms. The molecular formula is C14H19F3N2. The lowest BCUT2D eigenvalue weighted by molar-refractivity contribution is -0.137. The van der Waals surface area contributed by atoms with Gasteiger partial charge in [0.15, 0.2) is 0 Å². The van der Waals surface area contributed by atoms with Crippen LogP contribution in [0.5, 0.6) is 0 Å². The second-order valence-electron chi connectivity index (χ2n) is 5.02. The highest BCUT2D eigenvalue weighted by atomic mass is 19.4. The van der Waals surface area contributed by atoms with Gasteiger partial charge in [-0.05, 0) is 38.1 Å². The largest absolute Gasteiger partial charge is 0.416 e. The summed E-state index contributed by atoms with van der Waals surface area (Å²) >= 11 is 0. The van der Waals surface area contributed by atoms with E-state index in [0.29, 0.717) is 12.6 Å². The minimum Gasteiger partial charge on any atom is -0.318 e. The molecule has 0 bridgehead atoms. The molecule has 1 aliphatic heterocycles. The Morgan fingerprint density at radius 1 is 1.37 bits per heavy atom. The molecule has 0 amide bonds. The predicted octanol–water partition coefficient (Wildman–Crippen LogP) is 2.89. The van der Waals surface area contributed by atoms with E-state index < -0.39 is 11.7 Å². The Balaban J connectivity index is 2.06. The molecule has 1 saturated heterocycles. The van der Waals surface area contributed by atoms with Crippen LogP contribution in [0.4, 0.5) is 13.2 Å². The third kappa shape index (κ3) is 3.70. The average Bonchev–Trinajstić information content (AvgIpc) is 2.77. The number of likely N-dealkylation sites (N-methyl/N-ethyl adjacent to an activating group) is 1. The third-order valence-electron chi connectivity index (χ3n) is 3.58. The number of likely N-dealkylation sites (tertiary alicyclic amines) is 1. The minimum absolute atomic E-state index is 0.430. The Morgan fingerprint density at radius 2 is 2.16 bits per heavy atom. The molecule has 19 heavy (non-hydrogen) atoms. The summed E-state index contributed by atoms with van der Waals surface area (Å²) in [5.74, 6) is 0. The molecular weight excluding hydrogens is 253 g/mol. The van der Waals surface area contributed by atoms with Gasteiger partial charge in [0.25, 0.3) is 0 Å². The molecule has 1 unspecified atom stereocenters. The number of nitrogens with zero attached hydrogens (tertiary/aromatic N) is 1. The molecule has 1 heterocycles. The second-order valence-corrected chi connectivity index (χ2v) is 5.02. The lowest BCUT2D eigenvalue weighted by Gasteiger charge is -2.24. The van der Waals surface area contributed by atoms with Gasteiger partial charge in [0.2, 0.25) is 0 Å². The van der Waals surface area contributed by atoms with Gasteiger partial charge in [-0.15, -0.1) is 0 Å². The quantitative estimate of drug-likeness (QED) is 0.906. The number of hydrogen-bond acceptors (Lipinski definition) is 2. The zero-order valence-corrected chi connectivity index (χ0v) is 11.0. The maximum Gasteiger partial charge on any atom is 0.416 e. The number of benzene rings is 1. The van der Waals surface area contributed by atoms with Gasteiger partial charge in [0.1, 0.15) is 0 Å². The van der Waals surface area contributed by atoms with E-state index in [1.165, 1.54) is 12.1 Å². The van der Waals surface area contributed by atoms with Gasteiger partial charge in [-0.2, -0.15) is 13.2 Å². The lowest BCUT2D eigenvalue weighted by Crippen LogP contribution is -2.36. The monoisotopic (exact) mass is 272 g/mol. The average molecular weight is 272 g/mol. The van der Waals surface area contributed by atoms with E-state index in [9.17, 15) is 13.2 Å². The van der Waals surface area contributed by atoms with Crippen LogP contribution in [-0.4, -0.2) is 31.1 Å². The van der Waals surface area contributed by atoms with E-state index in [4.69, 9.17) is 0 Å². The Labute approximate surface area is 111 Å². The van der Waals surface area contributed by atoms with Gasteiger partial charge in [0, 0.05) is 19.1 Å². The van der Waals surface area contributed by atoms with Crippen molar-refractivity contribution in [1.29, 1.82) is 0 Å². The fraction of sp³-hybridized carbons (Fsp3) is 0.571. The molecule has 2 rings (SSSR count). The number of halogens is 3. The molecule has 0 saturated carbocycles. The number of hydrogen-bond donors (Lipinski definition) is 1. The molecule has 0 radical (unpaired) electrons. The van der Waals surface area contributed by atoms with Crippen LogP contribution in [0.1, 0.15) is 24.0 Å². The number of rotatable bonds is 4. The van der Waals surface area contributed by atoms with Crippen molar-refractivity contribution in [3.8, 4) is 0 Å². The topological polar surface area (TPSA) is 15.3 Å². The van der Waals surface area contributed by atoms with Crippen molar-refractivity contribution < 1.29 is 13.2 Å². The molecule has 1 aromatic carbocycles. The van der Waals surface area contributed by atoms with Gasteiger partial charge < -0.3 is 5.32 Å². The first kappa shape index (κ1) is 14.3. The Hall–Kier alpha value is -1.07.